The van der Waals surface area contributed by atoms with Gasteiger partial charge in [-0.1, -0.05) is 25.1 Å². The second-order valence-corrected chi connectivity index (χ2v) is 6.67. The molecule has 6 heteroatoms. The fourth-order valence-corrected chi connectivity index (χ4v) is 2.82. The smallest absolute Gasteiger partial charge is 0.224 e. The number of benzene rings is 2. The average molecular weight is 384 g/mol. The van der Waals surface area contributed by atoms with Crippen LogP contribution in [0.4, 0.5) is 10.1 Å². The van der Waals surface area contributed by atoms with Gasteiger partial charge in [0.15, 0.2) is 5.96 Å². The van der Waals surface area contributed by atoms with Gasteiger partial charge in [0.25, 0.3) is 0 Å². The molecule has 0 bridgehead atoms. The van der Waals surface area contributed by atoms with Gasteiger partial charge in [0, 0.05) is 32.2 Å². The van der Waals surface area contributed by atoms with Crippen LogP contribution in [0.5, 0.6) is 0 Å². The molecule has 150 valence electrons. The number of hydrogen-bond donors (Lipinski definition) is 3. The SMILES string of the molecule is CCCC(=O)Nc1ccc(CNC(=NC)NCCc2ccc(F)cc2C)cc1. The monoisotopic (exact) mass is 384 g/mol. The normalized spacial score (nSPS) is 11.2. The molecular formula is C22H29FN4O. The van der Waals surface area contributed by atoms with Crippen molar-refractivity contribution in [1.82, 2.24) is 10.6 Å². The van der Waals surface area contributed by atoms with Crippen LogP contribution >= 0.6 is 0 Å². The van der Waals surface area contributed by atoms with E-state index in [9.17, 15) is 9.18 Å². The molecule has 0 atom stereocenters. The van der Waals surface area contributed by atoms with Gasteiger partial charge in [-0.05, 0) is 60.7 Å². The molecule has 3 N–H and O–H groups in total. The highest BCUT2D eigenvalue weighted by Crippen LogP contribution is 2.11. The molecule has 0 aliphatic heterocycles. The number of rotatable bonds is 8. The van der Waals surface area contributed by atoms with Gasteiger partial charge in [0.2, 0.25) is 5.91 Å². The first-order valence-corrected chi connectivity index (χ1v) is 9.60. The molecule has 0 aliphatic carbocycles. The van der Waals surface area contributed by atoms with Crippen molar-refractivity contribution in [2.75, 3.05) is 18.9 Å². The van der Waals surface area contributed by atoms with E-state index >= 15 is 0 Å². The van der Waals surface area contributed by atoms with E-state index in [4.69, 9.17) is 0 Å². The van der Waals surface area contributed by atoms with Crippen LogP contribution in [0.3, 0.4) is 0 Å². The van der Waals surface area contributed by atoms with Crippen molar-refractivity contribution < 1.29 is 9.18 Å². The summed E-state index contributed by atoms with van der Waals surface area (Å²) in [6, 6.07) is 12.6. The molecule has 2 aromatic rings. The molecule has 0 radical (unpaired) electrons. The van der Waals surface area contributed by atoms with Gasteiger partial charge >= 0.3 is 0 Å². The summed E-state index contributed by atoms with van der Waals surface area (Å²) in [4.78, 5) is 15.9. The van der Waals surface area contributed by atoms with Crippen molar-refractivity contribution in [3.63, 3.8) is 0 Å². The molecule has 0 unspecified atom stereocenters. The lowest BCUT2D eigenvalue weighted by molar-refractivity contribution is -0.116. The maximum absolute atomic E-state index is 13.2. The Morgan fingerprint density at radius 3 is 2.50 bits per heavy atom. The van der Waals surface area contributed by atoms with Gasteiger partial charge in [0.1, 0.15) is 5.82 Å². The van der Waals surface area contributed by atoms with E-state index in [1.807, 2.05) is 44.2 Å². The third-order valence-electron chi connectivity index (χ3n) is 4.39. The van der Waals surface area contributed by atoms with E-state index in [0.717, 1.165) is 35.2 Å². The standard InChI is InChI=1S/C22H29FN4O/c1-4-5-21(28)27-20-10-6-17(7-11-20)15-26-22(24-3)25-13-12-18-8-9-19(23)14-16(18)2/h6-11,14H,4-5,12-13,15H2,1-3H3,(H,27,28)(H2,24,25,26). The second kappa shape index (κ2) is 11.1. The maximum atomic E-state index is 13.2. The lowest BCUT2D eigenvalue weighted by Crippen LogP contribution is -2.37. The molecule has 2 rings (SSSR count). The van der Waals surface area contributed by atoms with E-state index in [0.29, 0.717) is 25.5 Å². The summed E-state index contributed by atoms with van der Waals surface area (Å²) in [5.74, 6) is 0.539. The van der Waals surface area contributed by atoms with Crippen LogP contribution in [0.15, 0.2) is 47.5 Å². The van der Waals surface area contributed by atoms with E-state index in [1.54, 1.807) is 13.1 Å². The number of guanidine groups is 1. The first-order chi connectivity index (χ1) is 13.5. The Labute approximate surface area is 166 Å². The van der Waals surface area contributed by atoms with Crippen LogP contribution in [-0.2, 0) is 17.8 Å². The molecule has 0 heterocycles. The summed E-state index contributed by atoms with van der Waals surface area (Å²) in [6.07, 6.45) is 2.16. The highest BCUT2D eigenvalue weighted by molar-refractivity contribution is 5.90. The summed E-state index contributed by atoms with van der Waals surface area (Å²) >= 11 is 0. The number of aryl methyl sites for hydroxylation is 1. The number of hydrogen-bond acceptors (Lipinski definition) is 2. The minimum Gasteiger partial charge on any atom is -0.356 e. The summed E-state index contributed by atoms with van der Waals surface area (Å²) in [7, 11) is 1.73. The van der Waals surface area contributed by atoms with Gasteiger partial charge in [-0.15, -0.1) is 0 Å². The van der Waals surface area contributed by atoms with Crippen molar-refractivity contribution in [2.45, 2.75) is 39.7 Å². The van der Waals surface area contributed by atoms with Crippen molar-refractivity contribution in [1.29, 1.82) is 0 Å². The van der Waals surface area contributed by atoms with Crippen LogP contribution in [-0.4, -0.2) is 25.5 Å². The van der Waals surface area contributed by atoms with E-state index < -0.39 is 0 Å². The third-order valence-corrected chi connectivity index (χ3v) is 4.39. The van der Waals surface area contributed by atoms with Crippen LogP contribution < -0.4 is 16.0 Å². The number of carbonyl (C=O) groups is 1. The number of anilines is 1. The van der Waals surface area contributed by atoms with E-state index in [1.165, 1.54) is 6.07 Å². The minimum atomic E-state index is -0.206. The Hall–Kier alpha value is -2.89. The number of nitrogens with one attached hydrogen (secondary N) is 3. The number of carbonyl (C=O) groups excluding carboxylic acids is 1. The number of aliphatic imine (C=N–C) groups is 1. The molecule has 0 aromatic heterocycles. The lowest BCUT2D eigenvalue weighted by Gasteiger charge is -2.13. The molecule has 0 fully saturated rings. The first-order valence-electron chi connectivity index (χ1n) is 9.60. The zero-order valence-corrected chi connectivity index (χ0v) is 16.8. The molecular weight excluding hydrogens is 355 g/mol. The third kappa shape index (κ3) is 7.02. The Kier molecular flexibility index (Phi) is 8.46. The van der Waals surface area contributed by atoms with Crippen LogP contribution in [0, 0.1) is 12.7 Å². The maximum Gasteiger partial charge on any atom is 0.224 e. The Bertz CT molecular complexity index is 803. The zero-order chi connectivity index (χ0) is 20.4. The molecule has 0 saturated heterocycles. The van der Waals surface area contributed by atoms with Crippen molar-refractivity contribution >= 4 is 17.6 Å². The Balaban J connectivity index is 1.77. The quantitative estimate of drug-likeness (QED) is 0.479. The van der Waals surface area contributed by atoms with Gasteiger partial charge in [-0.3, -0.25) is 9.79 Å². The predicted octanol–water partition coefficient (Wildman–Crippen LogP) is 3.78. The number of nitrogens with zero attached hydrogens (tertiary/aromatic N) is 1. The molecule has 28 heavy (non-hydrogen) atoms. The van der Waals surface area contributed by atoms with Crippen LogP contribution in [0.1, 0.15) is 36.5 Å². The first kappa shape index (κ1) is 21.4. The number of halogens is 1. The van der Waals surface area contributed by atoms with Crippen LogP contribution in [0.25, 0.3) is 0 Å². The molecule has 0 saturated carbocycles. The second-order valence-electron chi connectivity index (χ2n) is 6.67. The van der Waals surface area contributed by atoms with Gasteiger partial charge in [0.05, 0.1) is 0 Å². The molecule has 0 spiro atoms. The largest absolute Gasteiger partial charge is 0.356 e. The fraction of sp³-hybridized carbons (Fsp3) is 0.364. The molecule has 2 aromatic carbocycles. The number of amides is 1. The fourth-order valence-electron chi connectivity index (χ4n) is 2.82. The Morgan fingerprint density at radius 2 is 1.86 bits per heavy atom. The predicted molar refractivity (Wildman–Crippen MR) is 113 cm³/mol. The zero-order valence-electron chi connectivity index (χ0n) is 16.8. The highest BCUT2D eigenvalue weighted by atomic mass is 19.1. The lowest BCUT2D eigenvalue weighted by atomic mass is 10.1. The topological polar surface area (TPSA) is 65.5 Å². The van der Waals surface area contributed by atoms with Crippen molar-refractivity contribution in [3.8, 4) is 0 Å². The van der Waals surface area contributed by atoms with Crippen LogP contribution in [0.2, 0.25) is 0 Å². The highest BCUT2D eigenvalue weighted by Gasteiger charge is 2.03. The summed E-state index contributed by atoms with van der Waals surface area (Å²) < 4.78 is 13.2. The minimum absolute atomic E-state index is 0.0365. The van der Waals surface area contributed by atoms with Gasteiger partial charge in [-0.25, -0.2) is 4.39 Å². The summed E-state index contributed by atoms with van der Waals surface area (Å²) in [5.41, 5.74) is 3.96. The van der Waals surface area contributed by atoms with Crippen molar-refractivity contribution in [3.05, 3.63) is 65.0 Å². The van der Waals surface area contributed by atoms with Crippen molar-refractivity contribution in [2.24, 2.45) is 4.99 Å². The molecule has 1 amide bonds. The molecule has 0 aliphatic rings. The van der Waals surface area contributed by atoms with E-state index in [2.05, 4.69) is 20.9 Å². The Morgan fingerprint density at radius 1 is 1.11 bits per heavy atom. The van der Waals surface area contributed by atoms with E-state index in [-0.39, 0.29) is 11.7 Å². The summed E-state index contributed by atoms with van der Waals surface area (Å²) in [6.45, 7) is 5.23. The summed E-state index contributed by atoms with van der Waals surface area (Å²) in [5, 5.41) is 9.42. The van der Waals surface area contributed by atoms with Gasteiger partial charge in [-0.2, -0.15) is 0 Å². The van der Waals surface area contributed by atoms with Gasteiger partial charge < -0.3 is 16.0 Å². The average Bonchev–Trinajstić information content (AvgIpc) is 2.67. The molecule has 5 nitrogen and oxygen atoms in total.